The fourth-order valence-corrected chi connectivity index (χ4v) is 3.24. The summed E-state index contributed by atoms with van der Waals surface area (Å²) in [5.41, 5.74) is 5.65. The van der Waals surface area contributed by atoms with Crippen LogP contribution in [0.2, 0.25) is 0 Å². The third-order valence-corrected chi connectivity index (χ3v) is 4.88. The Morgan fingerprint density at radius 2 is 1.85 bits per heavy atom. The summed E-state index contributed by atoms with van der Waals surface area (Å²) in [5, 5.41) is 0. The number of piperazine rings is 1. The number of nitrogens with two attached hydrogens (primary N) is 1. The fourth-order valence-electron chi connectivity index (χ4n) is 3.24. The summed E-state index contributed by atoms with van der Waals surface area (Å²) in [6, 6.07) is 0.980. The van der Waals surface area contributed by atoms with Gasteiger partial charge in [0.05, 0.1) is 6.61 Å². The summed E-state index contributed by atoms with van der Waals surface area (Å²) in [5.74, 6) is 0.0774. The molecule has 2 rings (SSSR count). The molecule has 5 heteroatoms. The zero-order valence-corrected chi connectivity index (χ0v) is 13.3. The van der Waals surface area contributed by atoms with E-state index in [0.717, 1.165) is 25.9 Å². The average molecular weight is 283 g/mol. The zero-order valence-electron chi connectivity index (χ0n) is 13.3. The smallest absolute Gasteiger partial charge is 0.327 e. The van der Waals surface area contributed by atoms with E-state index < -0.39 is 5.54 Å². The summed E-state index contributed by atoms with van der Waals surface area (Å²) in [7, 11) is 2.16. The van der Waals surface area contributed by atoms with Crippen LogP contribution in [-0.4, -0.2) is 66.7 Å². The Morgan fingerprint density at radius 1 is 1.30 bits per heavy atom. The lowest BCUT2D eigenvalue weighted by Gasteiger charge is -2.45. The molecule has 20 heavy (non-hydrogen) atoms. The minimum Gasteiger partial charge on any atom is -0.465 e. The van der Waals surface area contributed by atoms with Crippen LogP contribution >= 0.6 is 0 Å². The number of hydrogen-bond acceptors (Lipinski definition) is 5. The summed E-state index contributed by atoms with van der Waals surface area (Å²) < 4.78 is 5.22. The Morgan fingerprint density at radius 3 is 2.30 bits per heavy atom. The predicted octanol–water partition coefficient (Wildman–Crippen LogP) is 0.681. The number of likely N-dealkylation sites (N-methyl/N-ethyl adjacent to an activating group) is 1. The molecule has 2 aliphatic rings. The third kappa shape index (κ3) is 3.15. The maximum atomic E-state index is 12.3. The predicted molar refractivity (Wildman–Crippen MR) is 79.4 cm³/mol. The molecule has 116 valence electrons. The number of carbonyl (C=O) groups excluding carboxylic acids is 1. The van der Waals surface area contributed by atoms with Gasteiger partial charge in [-0.3, -0.25) is 9.80 Å². The molecule has 0 radical (unpaired) electrons. The molecule has 2 fully saturated rings. The molecule has 1 saturated carbocycles. The van der Waals surface area contributed by atoms with Gasteiger partial charge in [0.15, 0.2) is 0 Å². The molecular weight excluding hydrogens is 254 g/mol. The highest BCUT2D eigenvalue weighted by Crippen LogP contribution is 2.39. The van der Waals surface area contributed by atoms with Crippen molar-refractivity contribution >= 4 is 5.97 Å². The van der Waals surface area contributed by atoms with Crippen molar-refractivity contribution in [3.05, 3.63) is 0 Å². The van der Waals surface area contributed by atoms with Crippen LogP contribution in [0.3, 0.4) is 0 Å². The molecule has 0 aromatic heterocycles. The van der Waals surface area contributed by atoms with E-state index in [0.29, 0.717) is 31.2 Å². The second-order valence-corrected chi connectivity index (χ2v) is 6.59. The number of hydrogen-bond donors (Lipinski definition) is 1. The van der Waals surface area contributed by atoms with Gasteiger partial charge in [-0.1, -0.05) is 0 Å². The number of ether oxygens (including phenoxy) is 1. The van der Waals surface area contributed by atoms with Crippen molar-refractivity contribution in [3.8, 4) is 0 Å². The minimum atomic E-state index is -0.814. The number of rotatable bonds is 5. The molecule has 0 aromatic carbocycles. The first kappa shape index (κ1) is 15.7. The molecule has 0 bridgehead atoms. The van der Waals surface area contributed by atoms with E-state index in [-0.39, 0.29) is 5.97 Å². The minimum absolute atomic E-state index is 0.221. The third-order valence-electron chi connectivity index (χ3n) is 4.88. The monoisotopic (exact) mass is 283 g/mol. The summed E-state index contributed by atoms with van der Waals surface area (Å²) in [6.07, 6.45) is 2.10. The normalized spacial score (nSPS) is 31.9. The van der Waals surface area contributed by atoms with Gasteiger partial charge in [0.2, 0.25) is 0 Å². The second-order valence-electron chi connectivity index (χ2n) is 6.59. The van der Waals surface area contributed by atoms with Crippen LogP contribution in [0.25, 0.3) is 0 Å². The van der Waals surface area contributed by atoms with E-state index in [1.54, 1.807) is 0 Å². The molecule has 0 spiro atoms. The van der Waals surface area contributed by atoms with Crippen LogP contribution in [0, 0.1) is 5.92 Å². The summed E-state index contributed by atoms with van der Waals surface area (Å²) in [6.45, 7) is 9.24. The van der Waals surface area contributed by atoms with E-state index in [9.17, 15) is 4.79 Å². The van der Waals surface area contributed by atoms with Crippen molar-refractivity contribution in [1.82, 2.24) is 9.80 Å². The Labute approximate surface area is 122 Å². The van der Waals surface area contributed by atoms with Gasteiger partial charge < -0.3 is 10.5 Å². The van der Waals surface area contributed by atoms with Gasteiger partial charge in [0.25, 0.3) is 0 Å². The van der Waals surface area contributed by atoms with Crippen LogP contribution in [0.1, 0.15) is 33.6 Å². The van der Waals surface area contributed by atoms with Crippen LogP contribution in [0.5, 0.6) is 0 Å². The van der Waals surface area contributed by atoms with Crippen molar-refractivity contribution in [2.75, 3.05) is 33.3 Å². The number of carbonyl (C=O) groups is 1. The maximum Gasteiger partial charge on any atom is 0.327 e. The van der Waals surface area contributed by atoms with Gasteiger partial charge in [-0.25, -0.2) is 4.79 Å². The van der Waals surface area contributed by atoms with E-state index in [1.165, 1.54) is 0 Å². The van der Waals surface area contributed by atoms with Crippen LogP contribution in [-0.2, 0) is 9.53 Å². The highest BCUT2D eigenvalue weighted by molar-refractivity contribution is 5.82. The van der Waals surface area contributed by atoms with Crippen molar-refractivity contribution < 1.29 is 9.53 Å². The topological polar surface area (TPSA) is 58.8 Å². The van der Waals surface area contributed by atoms with E-state index in [1.807, 2.05) is 6.92 Å². The molecular formula is C15H29N3O2. The second kappa shape index (κ2) is 6.00. The molecule has 1 aliphatic carbocycles. The zero-order chi connectivity index (χ0) is 14.9. The highest BCUT2D eigenvalue weighted by atomic mass is 16.5. The molecule has 1 heterocycles. The summed E-state index contributed by atoms with van der Waals surface area (Å²) in [4.78, 5) is 17.0. The lowest BCUT2D eigenvalue weighted by molar-refractivity contribution is -0.152. The molecule has 0 aromatic rings. The van der Waals surface area contributed by atoms with Crippen molar-refractivity contribution in [1.29, 1.82) is 0 Å². The van der Waals surface area contributed by atoms with Gasteiger partial charge in [-0.15, -0.1) is 0 Å². The fraction of sp³-hybridized carbons (Fsp3) is 0.933. The molecule has 1 aliphatic heterocycles. The Balaban J connectivity index is 2.03. The van der Waals surface area contributed by atoms with Gasteiger partial charge >= 0.3 is 5.97 Å². The van der Waals surface area contributed by atoms with Crippen LogP contribution in [0.15, 0.2) is 0 Å². The van der Waals surface area contributed by atoms with E-state index in [4.69, 9.17) is 10.5 Å². The number of esters is 1. The quantitative estimate of drug-likeness (QED) is 0.752. The van der Waals surface area contributed by atoms with E-state index >= 15 is 0 Å². The van der Waals surface area contributed by atoms with Crippen LogP contribution in [0.4, 0.5) is 0 Å². The van der Waals surface area contributed by atoms with Crippen molar-refractivity contribution in [3.63, 3.8) is 0 Å². The molecule has 1 saturated heterocycles. The molecule has 3 atom stereocenters. The Bertz CT molecular complexity index is 347. The lowest BCUT2D eigenvalue weighted by atomic mass is 9.92. The molecule has 5 nitrogen and oxygen atoms in total. The van der Waals surface area contributed by atoms with Crippen molar-refractivity contribution in [2.45, 2.75) is 51.2 Å². The van der Waals surface area contributed by atoms with Gasteiger partial charge in [-0.05, 0) is 46.6 Å². The van der Waals surface area contributed by atoms with E-state index in [2.05, 4.69) is 30.7 Å². The van der Waals surface area contributed by atoms with Gasteiger partial charge in [0.1, 0.15) is 5.54 Å². The molecule has 2 N–H and O–H groups in total. The maximum absolute atomic E-state index is 12.3. The molecule has 3 unspecified atom stereocenters. The van der Waals surface area contributed by atoms with Crippen molar-refractivity contribution in [2.24, 2.45) is 11.7 Å². The number of nitrogens with zero attached hydrogens (tertiary/aromatic N) is 2. The standard InChI is InChI=1S/C15H29N3O2/c1-5-20-14(19)15(16,13-6-7-13)10-18-8-11(2)17(4)12(3)9-18/h11-13H,5-10,16H2,1-4H3. The average Bonchev–Trinajstić information content (AvgIpc) is 3.20. The highest BCUT2D eigenvalue weighted by Gasteiger charge is 2.50. The first-order valence-corrected chi connectivity index (χ1v) is 7.78. The first-order chi connectivity index (χ1) is 9.38. The SMILES string of the molecule is CCOC(=O)C(N)(CN1CC(C)N(C)C(C)C1)C1CC1. The Hall–Kier alpha value is -0.650. The first-order valence-electron chi connectivity index (χ1n) is 7.78. The molecule has 0 amide bonds. The lowest BCUT2D eigenvalue weighted by Crippen LogP contribution is -2.63. The largest absolute Gasteiger partial charge is 0.465 e. The Kier molecular flexibility index (Phi) is 4.72. The van der Waals surface area contributed by atoms with Gasteiger partial charge in [-0.2, -0.15) is 0 Å². The van der Waals surface area contributed by atoms with Crippen LogP contribution < -0.4 is 5.73 Å². The summed E-state index contributed by atoms with van der Waals surface area (Å²) >= 11 is 0. The van der Waals surface area contributed by atoms with Gasteiger partial charge in [0, 0.05) is 31.7 Å².